The Bertz CT molecular complexity index is 513. The second-order valence-corrected chi connectivity index (χ2v) is 5.73. The van der Waals surface area contributed by atoms with Gasteiger partial charge in [0.2, 0.25) is 0 Å². The molecule has 0 saturated carbocycles. The van der Waals surface area contributed by atoms with E-state index < -0.39 is 6.09 Å². The molecule has 0 aromatic heterocycles. The molecule has 0 bridgehead atoms. The van der Waals surface area contributed by atoms with Crippen LogP contribution in [0.2, 0.25) is 0 Å². The molecule has 1 aromatic carbocycles. The van der Waals surface area contributed by atoms with Gasteiger partial charge in [0, 0.05) is 13.1 Å². The smallest absolute Gasteiger partial charge is 0.408 e. The van der Waals surface area contributed by atoms with Gasteiger partial charge in [-0.3, -0.25) is 0 Å². The van der Waals surface area contributed by atoms with Crippen molar-refractivity contribution in [3.63, 3.8) is 0 Å². The average Bonchev–Trinajstić information content (AvgIpc) is 3.07. The van der Waals surface area contributed by atoms with Crippen molar-refractivity contribution in [1.29, 1.82) is 0 Å². The summed E-state index contributed by atoms with van der Waals surface area (Å²) in [6.07, 6.45) is 4.23. The highest BCUT2D eigenvalue weighted by Gasteiger charge is 2.23. The molecule has 1 aliphatic heterocycles. The Balaban J connectivity index is 1.85. The topological polar surface area (TPSA) is 41.6 Å². The van der Waals surface area contributed by atoms with E-state index in [1.807, 2.05) is 30.3 Å². The van der Waals surface area contributed by atoms with Crippen molar-refractivity contribution < 1.29 is 9.53 Å². The molecular weight excluding hydrogens is 296 g/mol. The van der Waals surface area contributed by atoms with E-state index in [9.17, 15) is 4.79 Å². The molecule has 0 unspecified atom stereocenters. The van der Waals surface area contributed by atoms with E-state index >= 15 is 0 Å². The summed E-state index contributed by atoms with van der Waals surface area (Å²) in [5, 5.41) is 2.85. The van der Waals surface area contributed by atoms with Gasteiger partial charge in [-0.25, -0.2) is 4.79 Å². The fourth-order valence-corrected chi connectivity index (χ4v) is 2.79. The zero-order valence-electron chi connectivity index (χ0n) is 12.7. The van der Waals surface area contributed by atoms with Crippen molar-refractivity contribution in [2.24, 2.45) is 0 Å². The number of amides is 1. The second-order valence-electron chi connectivity index (χ2n) is 5.32. The first-order chi connectivity index (χ1) is 10.7. The summed E-state index contributed by atoms with van der Waals surface area (Å²) >= 11 is 5.50. The third-order valence-electron chi connectivity index (χ3n) is 3.62. The van der Waals surface area contributed by atoms with Crippen LogP contribution in [0.4, 0.5) is 4.79 Å². The Labute approximate surface area is 137 Å². The molecule has 0 aliphatic carbocycles. The molecule has 2 rings (SSSR count). The maximum atomic E-state index is 12.0. The monoisotopic (exact) mass is 318 g/mol. The number of rotatable bonds is 6. The number of nitrogens with one attached hydrogen (secondary N) is 1. The molecular formula is C17H22N2O2S. The van der Waals surface area contributed by atoms with Gasteiger partial charge in [0.25, 0.3) is 0 Å². The van der Waals surface area contributed by atoms with E-state index in [0.29, 0.717) is 6.42 Å². The fourth-order valence-electron chi connectivity index (χ4n) is 2.45. The van der Waals surface area contributed by atoms with Crippen molar-refractivity contribution in [3.05, 3.63) is 48.6 Å². The van der Waals surface area contributed by atoms with Gasteiger partial charge in [-0.15, -0.1) is 6.58 Å². The van der Waals surface area contributed by atoms with Crippen LogP contribution in [0, 0.1) is 0 Å². The van der Waals surface area contributed by atoms with E-state index in [2.05, 4.69) is 16.8 Å². The number of likely N-dealkylation sites (tertiary alicyclic amines) is 1. The van der Waals surface area contributed by atoms with E-state index in [0.717, 1.165) is 36.5 Å². The number of nitrogens with zero attached hydrogens (tertiary/aromatic N) is 1. The van der Waals surface area contributed by atoms with E-state index in [1.165, 1.54) is 0 Å². The van der Waals surface area contributed by atoms with Gasteiger partial charge in [-0.2, -0.15) is 0 Å². The van der Waals surface area contributed by atoms with E-state index in [-0.39, 0.29) is 12.6 Å². The minimum atomic E-state index is -0.447. The van der Waals surface area contributed by atoms with Crippen molar-refractivity contribution in [2.45, 2.75) is 31.9 Å². The number of hydrogen-bond donors (Lipinski definition) is 1. The molecule has 118 valence electrons. The van der Waals surface area contributed by atoms with Gasteiger partial charge < -0.3 is 15.0 Å². The molecule has 1 atom stereocenters. The van der Waals surface area contributed by atoms with Crippen LogP contribution in [0.5, 0.6) is 0 Å². The first kappa shape index (κ1) is 16.5. The lowest BCUT2D eigenvalue weighted by molar-refractivity contribution is 0.138. The minimum absolute atomic E-state index is 0.228. The molecule has 1 aromatic rings. The Morgan fingerprint density at radius 2 is 2.05 bits per heavy atom. The maximum absolute atomic E-state index is 12.0. The highest BCUT2D eigenvalue weighted by molar-refractivity contribution is 7.80. The normalized spacial score (nSPS) is 15.2. The number of thiocarbonyl (C=S) groups is 1. The SMILES string of the molecule is C=CC[C@H](NC(=O)OCc1ccccc1)C(=S)N1CCCC1. The predicted octanol–water partition coefficient (Wildman–Crippen LogP) is 3.28. The second kappa shape index (κ2) is 8.54. The van der Waals surface area contributed by atoms with Crippen LogP contribution in [0.25, 0.3) is 0 Å². The van der Waals surface area contributed by atoms with Gasteiger partial charge in [-0.05, 0) is 24.8 Å². The van der Waals surface area contributed by atoms with Crippen LogP contribution in [0.15, 0.2) is 43.0 Å². The Hall–Kier alpha value is -1.88. The quantitative estimate of drug-likeness (QED) is 0.645. The first-order valence-corrected chi connectivity index (χ1v) is 7.98. The lowest BCUT2D eigenvalue weighted by Crippen LogP contribution is -2.46. The van der Waals surface area contributed by atoms with Gasteiger partial charge in [0.15, 0.2) is 0 Å². The largest absolute Gasteiger partial charge is 0.445 e. The number of carbonyl (C=O) groups excluding carboxylic acids is 1. The zero-order valence-corrected chi connectivity index (χ0v) is 13.5. The van der Waals surface area contributed by atoms with Gasteiger partial charge in [0.1, 0.15) is 11.6 Å². The molecule has 1 amide bonds. The zero-order chi connectivity index (χ0) is 15.8. The lowest BCUT2D eigenvalue weighted by Gasteiger charge is -2.26. The predicted molar refractivity (Wildman–Crippen MR) is 91.8 cm³/mol. The fraction of sp³-hybridized carbons (Fsp3) is 0.412. The van der Waals surface area contributed by atoms with Crippen LogP contribution in [0.1, 0.15) is 24.8 Å². The molecule has 1 fully saturated rings. The number of ether oxygens (including phenoxy) is 1. The highest BCUT2D eigenvalue weighted by Crippen LogP contribution is 2.12. The number of benzene rings is 1. The van der Waals surface area contributed by atoms with Crippen molar-refractivity contribution in [2.75, 3.05) is 13.1 Å². The van der Waals surface area contributed by atoms with Crippen LogP contribution in [-0.2, 0) is 11.3 Å². The maximum Gasteiger partial charge on any atom is 0.408 e. The van der Waals surface area contributed by atoms with Crippen LogP contribution in [0.3, 0.4) is 0 Å². The Morgan fingerprint density at radius 1 is 1.36 bits per heavy atom. The summed E-state index contributed by atoms with van der Waals surface area (Å²) in [5.41, 5.74) is 0.958. The van der Waals surface area contributed by atoms with Gasteiger partial charge in [0.05, 0.1) is 6.04 Å². The minimum Gasteiger partial charge on any atom is -0.445 e. The van der Waals surface area contributed by atoms with Crippen molar-refractivity contribution in [3.8, 4) is 0 Å². The van der Waals surface area contributed by atoms with Crippen LogP contribution >= 0.6 is 12.2 Å². The molecule has 5 heteroatoms. The molecule has 1 N–H and O–H groups in total. The third-order valence-corrected chi connectivity index (χ3v) is 4.17. The molecule has 1 heterocycles. The van der Waals surface area contributed by atoms with E-state index in [4.69, 9.17) is 17.0 Å². The van der Waals surface area contributed by atoms with Crippen LogP contribution in [-0.4, -0.2) is 35.1 Å². The standard InChI is InChI=1S/C17H22N2O2S/c1-2-8-15(16(22)19-11-6-7-12-19)18-17(20)21-13-14-9-4-3-5-10-14/h2-5,9-10,15H,1,6-8,11-13H2,(H,18,20)/t15-/m0/s1. The molecule has 0 spiro atoms. The Morgan fingerprint density at radius 3 is 2.68 bits per heavy atom. The number of carbonyl (C=O) groups is 1. The summed E-state index contributed by atoms with van der Waals surface area (Å²) in [6, 6.07) is 9.37. The first-order valence-electron chi connectivity index (χ1n) is 7.57. The molecule has 4 nitrogen and oxygen atoms in total. The molecule has 0 radical (unpaired) electrons. The van der Waals surface area contributed by atoms with Crippen LogP contribution < -0.4 is 5.32 Å². The number of hydrogen-bond acceptors (Lipinski definition) is 3. The molecule has 22 heavy (non-hydrogen) atoms. The summed E-state index contributed by atoms with van der Waals surface area (Å²) < 4.78 is 5.26. The molecule has 1 aliphatic rings. The Kier molecular flexibility index (Phi) is 6.40. The summed E-state index contributed by atoms with van der Waals surface area (Å²) in [7, 11) is 0. The highest BCUT2D eigenvalue weighted by atomic mass is 32.1. The van der Waals surface area contributed by atoms with Gasteiger partial charge in [-0.1, -0.05) is 48.6 Å². The third kappa shape index (κ3) is 4.84. The molecule has 1 saturated heterocycles. The summed E-state index contributed by atoms with van der Waals surface area (Å²) in [4.78, 5) is 14.9. The summed E-state index contributed by atoms with van der Waals surface area (Å²) in [5.74, 6) is 0. The average molecular weight is 318 g/mol. The van der Waals surface area contributed by atoms with Crippen molar-refractivity contribution >= 4 is 23.3 Å². The lowest BCUT2D eigenvalue weighted by atomic mass is 10.2. The van der Waals surface area contributed by atoms with Crippen molar-refractivity contribution in [1.82, 2.24) is 10.2 Å². The van der Waals surface area contributed by atoms with Gasteiger partial charge >= 0.3 is 6.09 Å². The number of alkyl carbamates (subject to hydrolysis) is 1. The van der Waals surface area contributed by atoms with E-state index in [1.54, 1.807) is 6.08 Å². The summed E-state index contributed by atoms with van der Waals surface area (Å²) in [6.45, 7) is 5.93.